The summed E-state index contributed by atoms with van der Waals surface area (Å²) in [4.78, 5) is 0. The molecule has 1 aromatic carbocycles. The number of rotatable bonds is 7. The molecule has 18 heavy (non-hydrogen) atoms. The number of nitrogens with one attached hydrogen (secondary N) is 1. The topological polar surface area (TPSA) is 55.4 Å². The molecule has 4 nitrogen and oxygen atoms in total. The van der Waals surface area contributed by atoms with Crippen LogP contribution < -0.4 is 9.46 Å². The highest BCUT2D eigenvalue weighted by molar-refractivity contribution is 7.92. The molecule has 0 aromatic heterocycles. The second kappa shape index (κ2) is 6.85. The van der Waals surface area contributed by atoms with Crippen LogP contribution in [-0.2, 0) is 10.0 Å². The van der Waals surface area contributed by atoms with Gasteiger partial charge in [0.1, 0.15) is 5.75 Å². The van der Waals surface area contributed by atoms with Crippen LogP contribution in [0.15, 0.2) is 18.2 Å². The van der Waals surface area contributed by atoms with Crippen molar-refractivity contribution in [1.29, 1.82) is 0 Å². The Morgan fingerprint density at radius 2 is 2.11 bits per heavy atom. The molecular formula is C12H18ClNO3S. The van der Waals surface area contributed by atoms with Gasteiger partial charge in [0, 0.05) is 5.88 Å². The van der Waals surface area contributed by atoms with Crippen molar-refractivity contribution in [3.8, 4) is 5.75 Å². The molecule has 0 atom stereocenters. The molecule has 1 aromatic rings. The number of anilines is 1. The Hall–Kier alpha value is -0.940. The SMILES string of the molecule is CCCOc1cc(C)ccc1NS(=O)(=O)CCCl. The molecule has 0 bridgehead atoms. The Bertz CT molecular complexity index is 488. The summed E-state index contributed by atoms with van der Waals surface area (Å²) in [6, 6.07) is 5.34. The number of ether oxygens (including phenoxy) is 1. The van der Waals surface area contributed by atoms with Gasteiger partial charge in [-0.05, 0) is 31.0 Å². The molecule has 1 N–H and O–H groups in total. The summed E-state index contributed by atoms with van der Waals surface area (Å²) in [6.45, 7) is 4.47. The van der Waals surface area contributed by atoms with Crippen LogP contribution in [0.5, 0.6) is 5.75 Å². The number of hydrogen-bond acceptors (Lipinski definition) is 3. The van der Waals surface area contributed by atoms with Crippen LogP contribution in [0, 0.1) is 6.92 Å². The molecule has 0 aliphatic heterocycles. The lowest BCUT2D eigenvalue weighted by molar-refractivity contribution is 0.319. The average molecular weight is 292 g/mol. The molecule has 0 aliphatic carbocycles. The van der Waals surface area contributed by atoms with Gasteiger partial charge in [-0.1, -0.05) is 13.0 Å². The van der Waals surface area contributed by atoms with E-state index in [-0.39, 0.29) is 11.6 Å². The maximum Gasteiger partial charge on any atom is 0.234 e. The molecule has 6 heteroatoms. The van der Waals surface area contributed by atoms with Crippen molar-refractivity contribution >= 4 is 27.3 Å². The summed E-state index contributed by atoms with van der Waals surface area (Å²) in [7, 11) is -3.41. The van der Waals surface area contributed by atoms with Gasteiger partial charge >= 0.3 is 0 Å². The van der Waals surface area contributed by atoms with Crippen molar-refractivity contribution in [2.75, 3.05) is 23.0 Å². The van der Waals surface area contributed by atoms with Gasteiger partial charge in [0.2, 0.25) is 10.0 Å². The Balaban J connectivity index is 2.93. The molecule has 0 unspecified atom stereocenters. The molecule has 102 valence electrons. The van der Waals surface area contributed by atoms with Gasteiger partial charge in [0.25, 0.3) is 0 Å². The van der Waals surface area contributed by atoms with Crippen molar-refractivity contribution in [1.82, 2.24) is 0 Å². The van der Waals surface area contributed by atoms with E-state index in [4.69, 9.17) is 16.3 Å². The zero-order valence-electron chi connectivity index (χ0n) is 10.6. The summed E-state index contributed by atoms with van der Waals surface area (Å²) in [5.41, 5.74) is 1.47. The van der Waals surface area contributed by atoms with Crippen LogP contribution in [0.4, 0.5) is 5.69 Å². The van der Waals surface area contributed by atoms with Gasteiger partial charge in [0.15, 0.2) is 0 Å². The minimum atomic E-state index is -3.41. The summed E-state index contributed by atoms with van der Waals surface area (Å²) in [5, 5.41) is 0. The van der Waals surface area contributed by atoms with Crippen LogP contribution in [0.25, 0.3) is 0 Å². The Morgan fingerprint density at radius 3 is 2.72 bits per heavy atom. The first kappa shape index (κ1) is 15.1. The normalized spacial score (nSPS) is 11.3. The van der Waals surface area contributed by atoms with Gasteiger partial charge in [-0.15, -0.1) is 11.6 Å². The van der Waals surface area contributed by atoms with Crippen LogP contribution in [0.2, 0.25) is 0 Å². The number of benzene rings is 1. The van der Waals surface area contributed by atoms with Crippen LogP contribution in [0.1, 0.15) is 18.9 Å². The van der Waals surface area contributed by atoms with Crippen molar-refractivity contribution in [3.05, 3.63) is 23.8 Å². The first-order chi connectivity index (χ1) is 8.48. The van der Waals surface area contributed by atoms with Crippen molar-refractivity contribution in [3.63, 3.8) is 0 Å². The van der Waals surface area contributed by atoms with Crippen LogP contribution in [-0.4, -0.2) is 26.7 Å². The fraction of sp³-hybridized carbons (Fsp3) is 0.500. The molecule has 0 fully saturated rings. The lowest BCUT2D eigenvalue weighted by Gasteiger charge is -2.13. The van der Waals surface area contributed by atoms with Gasteiger partial charge in [0.05, 0.1) is 18.0 Å². The van der Waals surface area contributed by atoms with Gasteiger partial charge in [-0.3, -0.25) is 4.72 Å². The van der Waals surface area contributed by atoms with Crippen LogP contribution in [0.3, 0.4) is 0 Å². The van der Waals surface area contributed by atoms with Crippen molar-refractivity contribution in [2.24, 2.45) is 0 Å². The summed E-state index contributed by atoms with van der Waals surface area (Å²) >= 11 is 5.45. The highest BCUT2D eigenvalue weighted by atomic mass is 35.5. The molecule has 0 saturated carbocycles. The van der Waals surface area contributed by atoms with E-state index in [1.807, 2.05) is 26.0 Å². The van der Waals surface area contributed by atoms with E-state index >= 15 is 0 Å². The maximum atomic E-state index is 11.7. The smallest absolute Gasteiger partial charge is 0.234 e. The van der Waals surface area contributed by atoms with E-state index in [2.05, 4.69) is 4.72 Å². The van der Waals surface area contributed by atoms with E-state index in [1.165, 1.54) is 0 Å². The highest BCUT2D eigenvalue weighted by Gasteiger charge is 2.13. The first-order valence-electron chi connectivity index (χ1n) is 5.78. The lowest BCUT2D eigenvalue weighted by Crippen LogP contribution is -2.18. The second-order valence-corrected chi connectivity index (χ2v) is 6.18. The Kier molecular flexibility index (Phi) is 5.75. The zero-order valence-corrected chi connectivity index (χ0v) is 12.1. The predicted octanol–water partition coefficient (Wildman–Crippen LogP) is 2.76. The Morgan fingerprint density at radius 1 is 1.39 bits per heavy atom. The third-order valence-corrected chi connectivity index (χ3v) is 3.90. The largest absolute Gasteiger partial charge is 0.491 e. The first-order valence-corrected chi connectivity index (χ1v) is 7.97. The molecular weight excluding hydrogens is 274 g/mol. The number of halogens is 1. The summed E-state index contributed by atoms with van der Waals surface area (Å²) in [5.74, 6) is 0.497. The molecule has 0 aliphatic rings. The number of aryl methyl sites for hydroxylation is 1. The molecule has 0 heterocycles. The summed E-state index contributed by atoms with van der Waals surface area (Å²) < 4.78 is 31.3. The van der Waals surface area contributed by atoms with E-state index < -0.39 is 10.0 Å². The highest BCUT2D eigenvalue weighted by Crippen LogP contribution is 2.26. The number of sulfonamides is 1. The maximum absolute atomic E-state index is 11.7. The van der Waals surface area contributed by atoms with E-state index in [0.717, 1.165) is 12.0 Å². The van der Waals surface area contributed by atoms with E-state index in [9.17, 15) is 8.42 Å². The summed E-state index contributed by atoms with van der Waals surface area (Å²) in [6.07, 6.45) is 0.863. The number of alkyl halides is 1. The number of hydrogen-bond donors (Lipinski definition) is 1. The fourth-order valence-corrected chi connectivity index (χ4v) is 2.78. The van der Waals surface area contributed by atoms with Crippen molar-refractivity contribution < 1.29 is 13.2 Å². The van der Waals surface area contributed by atoms with Gasteiger partial charge in [-0.25, -0.2) is 8.42 Å². The molecule has 0 amide bonds. The second-order valence-electron chi connectivity index (χ2n) is 3.96. The Labute approximate surface area is 113 Å². The standard InChI is InChI=1S/C12H18ClNO3S/c1-3-7-17-12-9-10(2)4-5-11(12)14-18(15,16)8-6-13/h4-5,9,14H,3,6-8H2,1-2H3. The van der Waals surface area contributed by atoms with E-state index in [1.54, 1.807) is 6.07 Å². The quantitative estimate of drug-likeness (QED) is 0.786. The van der Waals surface area contributed by atoms with Crippen LogP contribution >= 0.6 is 11.6 Å². The minimum absolute atomic E-state index is 0.0619. The lowest BCUT2D eigenvalue weighted by atomic mass is 10.2. The predicted molar refractivity (Wildman–Crippen MR) is 75.1 cm³/mol. The molecule has 0 radical (unpaired) electrons. The third-order valence-electron chi connectivity index (χ3n) is 2.21. The van der Waals surface area contributed by atoms with Gasteiger partial charge < -0.3 is 4.74 Å². The zero-order chi connectivity index (χ0) is 13.6. The molecule has 0 saturated heterocycles. The fourth-order valence-electron chi connectivity index (χ4n) is 1.37. The van der Waals surface area contributed by atoms with Gasteiger partial charge in [-0.2, -0.15) is 0 Å². The molecule has 0 spiro atoms. The van der Waals surface area contributed by atoms with Crippen molar-refractivity contribution in [2.45, 2.75) is 20.3 Å². The third kappa shape index (κ3) is 4.74. The average Bonchev–Trinajstić information content (AvgIpc) is 2.29. The monoisotopic (exact) mass is 291 g/mol. The minimum Gasteiger partial charge on any atom is -0.491 e. The molecule has 1 rings (SSSR count). The van der Waals surface area contributed by atoms with E-state index in [0.29, 0.717) is 18.0 Å².